The topological polar surface area (TPSA) is 17.1 Å². The summed E-state index contributed by atoms with van der Waals surface area (Å²) < 4.78 is 0. The molecule has 0 amide bonds. The third-order valence-electron chi connectivity index (χ3n) is 2.16. The monoisotopic (exact) mass is 138 g/mol. The van der Waals surface area contributed by atoms with Gasteiger partial charge >= 0.3 is 0 Å². The Labute approximate surface area is 62.1 Å². The molecule has 0 aromatic rings. The molecule has 1 aliphatic carbocycles. The zero-order chi connectivity index (χ0) is 7.61. The first kappa shape index (κ1) is 7.52. The molecule has 10 heavy (non-hydrogen) atoms. The van der Waals surface area contributed by atoms with Crippen LogP contribution in [0.4, 0.5) is 0 Å². The van der Waals surface area contributed by atoms with Crippen LogP contribution in [0.1, 0.15) is 33.1 Å². The molecule has 0 saturated heterocycles. The number of hydrogen-bond donors (Lipinski definition) is 0. The van der Waals surface area contributed by atoms with E-state index in [0.717, 1.165) is 19.3 Å². The Balaban J connectivity index is 2.53. The van der Waals surface area contributed by atoms with Gasteiger partial charge in [0.15, 0.2) is 0 Å². The van der Waals surface area contributed by atoms with Crippen LogP contribution in [-0.2, 0) is 4.79 Å². The molecule has 0 bridgehead atoms. The fourth-order valence-electron chi connectivity index (χ4n) is 1.11. The SMILES string of the molecule is CC/C=C/C1(C(C)=O)CC1. The zero-order valence-electron chi connectivity index (χ0n) is 6.68. The molecule has 1 saturated carbocycles. The van der Waals surface area contributed by atoms with Crippen molar-refractivity contribution in [2.45, 2.75) is 33.1 Å². The zero-order valence-corrected chi connectivity index (χ0v) is 6.68. The van der Waals surface area contributed by atoms with Gasteiger partial charge in [-0.3, -0.25) is 4.79 Å². The van der Waals surface area contributed by atoms with Gasteiger partial charge in [-0.1, -0.05) is 19.1 Å². The third-order valence-corrected chi connectivity index (χ3v) is 2.16. The molecule has 0 aromatic heterocycles. The molecule has 56 valence electrons. The molecule has 0 aromatic carbocycles. The fraction of sp³-hybridized carbons (Fsp3) is 0.667. The van der Waals surface area contributed by atoms with Crippen molar-refractivity contribution in [1.29, 1.82) is 0 Å². The Morgan fingerprint density at radius 3 is 2.50 bits per heavy atom. The predicted octanol–water partition coefficient (Wildman–Crippen LogP) is 2.32. The lowest BCUT2D eigenvalue weighted by atomic mass is 10.0. The number of carbonyl (C=O) groups is 1. The van der Waals surface area contributed by atoms with Crippen molar-refractivity contribution in [2.24, 2.45) is 5.41 Å². The average Bonchev–Trinajstić information content (AvgIpc) is 2.64. The molecule has 0 radical (unpaired) electrons. The summed E-state index contributed by atoms with van der Waals surface area (Å²) in [6, 6.07) is 0. The summed E-state index contributed by atoms with van der Waals surface area (Å²) in [5.74, 6) is 0.331. The van der Waals surface area contributed by atoms with Crippen molar-refractivity contribution in [1.82, 2.24) is 0 Å². The van der Waals surface area contributed by atoms with E-state index < -0.39 is 0 Å². The van der Waals surface area contributed by atoms with Gasteiger partial charge < -0.3 is 0 Å². The molecular formula is C9H14O. The van der Waals surface area contributed by atoms with Crippen LogP contribution < -0.4 is 0 Å². The fourth-order valence-corrected chi connectivity index (χ4v) is 1.11. The minimum absolute atomic E-state index is 0.0178. The first-order valence-electron chi connectivity index (χ1n) is 3.90. The molecule has 1 rings (SSSR count). The van der Waals surface area contributed by atoms with Crippen LogP contribution in [0.15, 0.2) is 12.2 Å². The molecular weight excluding hydrogens is 124 g/mol. The quantitative estimate of drug-likeness (QED) is 0.547. The maximum absolute atomic E-state index is 11.0. The highest BCUT2D eigenvalue weighted by Crippen LogP contribution is 2.47. The lowest BCUT2D eigenvalue weighted by Gasteiger charge is -2.01. The number of allylic oxidation sites excluding steroid dienone is 2. The Bertz CT molecular complexity index is 164. The second-order valence-electron chi connectivity index (χ2n) is 3.02. The molecule has 0 N–H and O–H groups in total. The van der Waals surface area contributed by atoms with Gasteiger partial charge in [0.2, 0.25) is 0 Å². The number of Topliss-reactive ketones (excluding diaryl/α,β-unsaturated/α-hetero) is 1. The van der Waals surface area contributed by atoms with Crippen molar-refractivity contribution in [3.05, 3.63) is 12.2 Å². The maximum atomic E-state index is 11.0. The highest BCUT2D eigenvalue weighted by molar-refractivity contribution is 5.87. The van der Waals surface area contributed by atoms with E-state index in [1.54, 1.807) is 6.92 Å². The minimum Gasteiger partial charge on any atom is -0.299 e. The molecule has 0 heterocycles. The number of carbonyl (C=O) groups excluding carboxylic acids is 1. The van der Waals surface area contributed by atoms with Gasteiger partial charge in [-0.25, -0.2) is 0 Å². The van der Waals surface area contributed by atoms with Crippen LogP contribution in [0.3, 0.4) is 0 Å². The highest BCUT2D eigenvalue weighted by Gasteiger charge is 2.44. The summed E-state index contributed by atoms with van der Waals surface area (Å²) in [4.78, 5) is 11.0. The van der Waals surface area contributed by atoms with Crippen LogP contribution in [0.2, 0.25) is 0 Å². The molecule has 1 heteroatoms. The van der Waals surface area contributed by atoms with E-state index in [4.69, 9.17) is 0 Å². The van der Waals surface area contributed by atoms with Crippen molar-refractivity contribution in [3.8, 4) is 0 Å². The minimum atomic E-state index is -0.0178. The number of rotatable bonds is 3. The summed E-state index contributed by atoms with van der Waals surface area (Å²) in [6.07, 6.45) is 7.34. The third kappa shape index (κ3) is 1.28. The van der Waals surface area contributed by atoms with Gasteiger partial charge in [-0.2, -0.15) is 0 Å². The summed E-state index contributed by atoms with van der Waals surface area (Å²) >= 11 is 0. The first-order chi connectivity index (χ1) is 4.71. The molecule has 1 nitrogen and oxygen atoms in total. The molecule has 1 aliphatic rings. The van der Waals surface area contributed by atoms with Crippen LogP contribution >= 0.6 is 0 Å². The second kappa shape index (κ2) is 2.57. The maximum Gasteiger partial charge on any atom is 0.139 e. The Kier molecular flexibility index (Phi) is 1.93. The standard InChI is InChI=1S/C9H14O/c1-3-4-5-9(6-7-9)8(2)10/h4-5H,3,6-7H2,1-2H3/b5-4+. The van der Waals surface area contributed by atoms with E-state index in [1.807, 2.05) is 0 Å². The highest BCUT2D eigenvalue weighted by atomic mass is 16.1. The molecule has 0 spiro atoms. The molecule has 0 atom stereocenters. The second-order valence-corrected chi connectivity index (χ2v) is 3.02. The smallest absolute Gasteiger partial charge is 0.139 e. The predicted molar refractivity (Wildman–Crippen MR) is 41.8 cm³/mol. The Morgan fingerprint density at radius 1 is 1.60 bits per heavy atom. The van der Waals surface area contributed by atoms with Gasteiger partial charge in [-0.05, 0) is 26.2 Å². The van der Waals surface area contributed by atoms with Crippen LogP contribution in [0, 0.1) is 5.41 Å². The molecule has 0 aliphatic heterocycles. The van der Waals surface area contributed by atoms with Gasteiger partial charge in [0.05, 0.1) is 0 Å². The van der Waals surface area contributed by atoms with Crippen molar-refractivity contribution in [3.63, 3.8) is 0 Å². The van der Waals surface area contributed by atoms with Crippen molar-refractivity contribution >= 4 is 5.78 Å². The van der Waals surface area contributed by atoms with E-state index in [9.17, 15) is 4.79 Å². The van der Waals surface area contributed by atoms with Crippen molar-refractivity contribution in [2.75, 3.05) is 0 Å². The summed E-state index contributed by atoms with van der Waals surface area (Å²) in [5.41, 5.74) is -0.0178. The van der Waals surface area contributed by atoms with E-state index in [2.05, 4.69) is 19.1 Å². The van der Waals surface area contributed by atoms with E-state index in [0.29, 0.717) is 5.78 Å². The molecule has 1 fully saturated rings. The van der Waals surface area contributed by atoms with Gasteiger partial charge in [-0.15, -0.1) is 0 Å². The van der Waals surface area contributed by atoms with Gasteiger partial charge in [0.1, 0.15) is 5.78 Å². The van der Waals surface area contributed by atoms with E-state index >= 15 is 0 Å². The van der Waals surface area contributed by atoms with Crippen LogP contribution in [0.25, 0.3) is 0 Å². The number of hydrogen-bond acceptors (Lipinski definition) is 1. The summed E-state index contributed by atoms with van der Waals surface area (Å²) in [6.45, 7) is 3.78. The largest absolute Gasteiger partial charge is 0.299 e. The Hall–Kier alpha value is -0.590. The van der Waals surface area contributed by atoms with Crippen LogP contribution in [-0.4, -0.2) is 5.78 Å². The van der Waals surface area contributed by atoms with Crippen LogP contribution in [0.5, 0.6) is 0 Å². The van der Waals surface area contributed by atoms with Gasteiger partial charge in [0.25, 0.3) is 0 Å². The van der Waals surface area contributed by atoms with Crippen molar-refractivity contribution < 1.29 is 4.79 Å². The normalized spacial score (nSPS) is 21.4. The lowest BCUT2D eigenvalue weighted by Crippen LogP contribution is -2.07. The Morgan fingerprint density at radius 2 is 2.20 bits per heavy atom. The number of ketones is 1. The summed E-state index contributed by atoms with van der Waals surface area (Å²) in [7, 11) is 0. The van der Waals surface area contributed by atoms with Gasteiger partial charge in [0, 0.05) is 5.41 Å². The lowest BCUT2D eigenvalue weighted by molar-refractivity contribution is -0.120. The molecule has 0 unspecified atom stereocenters. The summed E-state index contributed by atoms with van der Waals surface area (Å²) in [5, 5.41) is 0. The first-order valence-corrected chi connectivity index (χ1v) is 3.90. The van der Waals surface area contributed by atoms with E-state index in [1.165, 1.54) is 0 Å². The van der Waals surface area contributed by atoms with E-state index in [-0.39, 0.29) is 5.41 Å². The average molecular weight is 138 g/mol.